The van der Waals surface area contributed by atoms with E-state index in [1.807, 2.05) is 49.4 Å². The molecule has 5 atom stereocenters. The van der Waals surface area contributed by atoms with Crippen molar-refractivity contribution in [1.82, 2.24) is 4.98 Å². The van der Waals surface area contributed by atoms with E-state index in [9.17, 15) is 19.2 Å². The normalized spacial score (nSPS) is 23.3. The van der Waals surface area contributed by atoms with Gasteiger partial charge < -0.3 is 4.74 Å². The third-order valence-electron chi connectivity index (χ3n) is 9.27. The maximum atomic E-state index is 13.4. The molecular weight excluding hydrogens is 528 g/mol. The molecule has 1 aromatic heterocycles. The number of Topliss-reactive ketones (excluding diaryl/α,β-unsaturated/α-hetero) is 1. The van der Waals surface area contributed by atoms with Gasteiger partial charge in [0.25, 0.3) is 0 Å². The van der Waals surface area contributed by atoms with Crippen LogP contribution in [0, 0.1) is 30.6 Å². The molecule has 210 valence electrons. The van der Waals surface area contributed by atoms with Crippen molar-refractivity contribution in [3.05, 3.63) is 95.6 Å². The van der Waals surface area contributed by atoms with Crippen LogP contribution in [-0.2, 0) is 14.3 Å². The number of imide groups is 1. The summed E-state index contributed by atoms with van der Waals surface area (Å²) in [5.74, 6) is -0.735. The molecule has 7 rings (SSSR count). The number of aryl methyl sites for hydroxylation is 1. The zero-order valence-corrected chi connectivity index (χ0v) is 23.4. The van der Waals surface area contributed by atoms with Crippen molar-refractivity contribution in [1.29, 1.82) is 0 Å². The average Bonchev–Trinajstić information content (AvgIpc) is 3.70. The van der Waals surface area contributed by atoms with E-state index in [0.29, 0.717) is 45.2 Å². The highest BCUT2D eigenvalue weighted by atomic mass is 16.5. The number of ether oxygens (including phenoxy) is 1. The summed E-state index contributed by atoms with van der Waals surface area (Å²) in [6.07, 6.45) is 2.10. The predicted octanol–water partition coefficient (Wildman–Crippen LogP) is 6.17. The Labute approximate surface area is 243 Å². The van der Waals surface area contributed by atoms with E-state index in [4.69, 9.17) is 9.72 Å². The lowest BCUT2D eigenvalue weighted by atomic mass is 9.81. The molecule has 3 fully saturated rings. The maximum Gasteiger partial charge on any atom is 0.339 e. The first-order valence-electron chi connectivity index (χ1n) is 14.5. The highest BCUT2D eigenvalue weighted by molar-refractivity contribution is 6.22. The van der Waals surface area contributed by atoms with Crippen LogP contribution in [0.1, 0.15) is 52.5 Å². The average molecular weight is 559 g/mol. The fourth-order valence-corrected chi connectivity index (χ4v) is 7.17. The topological polar surface area (TPSA) is 93.6 Å². The summed E-state index contributed by atoms with van der Waals surface area (Å²) in [6.45, 7) is 3.51. The number of hydrogen-bond acceptors (Lipinski definition) is 6. The van der Waals surface area contributed by atoms with Gasteiger partial charge in [0.2, 0.25) is 17.6 Å². The summed E-state index contributed by atoms with van der Waals surface area (Å²) in [7, 11) is 0. The van der Waals surface area contributed by atoms with Crippen LogP contribution in [0.15, 0.2) is 78.9 Å². The molecular formula is C35H30N2O5. The molecule has 3 aliphatic rings. The number of anilines is 1. The Hall–Kier alpha value is -4.65. The van der Waals surface area contributed by atoms with Gasteiger partial charge in [-0.15, -0.1) is 0 Å². The molecule has 2 amide bonds. The summed E-state index contributed by atoms with van der Waals surface area (Å²) in [4.78, 5) is 59.0. The lowest BCUT2D eigenvalue weighted by molar-refractivity contribution is -0.123. The van der Waals surface area contributed by atoms with Crippen LogP contribution < -0.4 is 4.90 Å². The molecule has 5 unspecified atom stereocenters. The maximum absolute atomic E-state index is 13.4. The van der Waals surface area contributed by atoms with Gasteiger partial charge in [0.1, 0.15) is 0 Å². The molecule has 0 spiro atoms. The van der Waals surface area contributed by atoms with Crippen molar-refractivity contribution in [3.63, 3.8) is 0 Å². The Morgan fingerprint density at radius 1 is 0.881 bits per heavy atom. The molecule has 4 aromatic rings. The Bertz CT molecular complexity index is 1730. The Morgan fingerprint density at radius 2 is 1.52 bits per heavy atom. The van der Waals surface area contributed by atoms with Gasteiger partial charge in [0.05, 0.1) is 34.3 Å². The van der Waals surface area contributed by atoms with Crippen LogP contribution in [0.2, 0.25) is 0 Å². The van der Waals surface area contributed by atoms with Crippen molar-refractivity contribution in [3.8, 4) is 11.3 Å². The molecule has 0 N–H and O–H groups in total. The minimum Gasteiger partial charge on any atom is -0.451 e. The second-order valence-corrected chi connectivity index (χ2v) is 11.8. The fraction of sp³-hybridized carbons (Fsp3) is 0.286. The summed E-state index contributed by atoms with van der Waals surface area (Å²) >= 11 is 0. The van der Waals surface area contributed by atoms with Crippen molar-refractivity contribution in [2.75, 3.05) is 4.90 Å². The second kappa shape index (κ2) is 10.0. The van der Waals surface area contributed by atoms with Gasteiger partial charge in [-0.25, -0.2) is 9.78 Å². The number of pyridine rings is 1. The summed E-state index contributed by atoms with van der Waals surface area (Å²) in [5, 5.41) is 0.618. The van der Waals surface area contributed by atoms with E-state index in [0.717, 1.165) is 30.4 Å². The number of fused-ring (bicyclic) bond motifs is 6. The quantitative estimate of drug-likeness (QED) is 0.160. The zero-order valence-electron chi connectivity index (χ0n) is 23.4. The van der Waals surface area contributed by atoms with E-state index in [2.05, 4.69) is 0 Å². The fourth-order valence-electron chi connectivity index (χ4n) is 7.17. The minimum absolute atomic E-state index is 0.0758. The van der Waals surface area contributed by atoms with Crippen molar-refractivity contribution in [2.45, 2.75) is 39.2 Å². The van der Waals surface area contributed by atoms with E-state index < -0.39 is 12.1 Å². The van der Waals surface area contributed by atoms with Gasteiger partial charge in [-0.1, -0.05) is 60.2 Å². The number of nitrogens with zero attached hydrogens (tertiary/aromatic N) is 2. The summed E-state index contributed by atoms with van der Waals surface area (Å²) in [6, 6.07) is 23.3. The summed E-state index contributed by atoms with van der Waals surface area (Å²) < 4.78 is 5.65. The first-order valence-corrected chi connectivity index (χ1v) is 14.5. The van der Waals surface area contributed by atoms with E-state index in [1.54, 1.807) is 43.3 Å². The molecule has 1 saturated heterocycles. The van der Waals surface area contributed by atoms with Crippen LogP contribution in [-0.4, -0.2) is 34.7 Å². The van der Waals surface area contributed by atoms with Crippen LogP contribution in [0.3, 0.4) is 0 Å². The molecule has 2 aliphatic carbocycles. The molecule has 0 radical (unpaired) electrons. The molecule has 3 aromatic carbocycles. The van der Waals surface area contributed by atoms with E-state index in [-0.39, 0.29) is 29.4 Å². The standard InChI is InChI=1S/C35H30N2O5/c1-19-7-9-22(10-8-19)32(38)20(2)42-35(41)27-18-29(36-28-6-4-3-5-26(27)28)21-13-15-25(16-14-21)37-33(39)30-23-11-12-24(17-23)31(30)34(37)40/h3-10,13-16,18,20,23-24,30-31H,11-12,17H2,1-2H3. The number of benzene rings is 3. The van der Waals surface area contributed by atoms with Crippen LogP contribution in [0.5, 0.6) is 0 Å². The molecule has 7 nitrogen and oxygen atoms in total. The number of carbonyl (C=O) groups is 4. The van der Waals surface area contributed by atoms with Crippen LogP contribution >= 0.6 is 0 Å². The molecule has 42 heavy (non-hydrogen) atoms. The Balaban J connectivity index is 1.16. The van der Waals surface area contributed by atoms with Gasteiger partial charge in [-0.3, -0.25) is 19.3 Å². The van der Waals surface area contributed by atoms with Crippen molar-refractivity contribution < 1.29 is 23.9 Å². The predicted molar refractivity (Wildman–Crippen MR) is 158 cm³/mol. The number of aromatic nitrogens is 1. The third kappa shape index (κ3) is 4.23. The smallest absolute Gasteiger partial charge is 0.339 e. The van der Waals surface area contributed by atoms with Crippen LogP contribution in [0.25, 0.3) is 22.2 Å². The van der Waals surface area contributed by atoms with Crippen molar-refractivity contribution in [2.24, 2.45) is 23.7 Å². The first kappa shape index (κ1) is 26.3. The second-order valence-electron chi connectivity index (χ2n) is 11.8. The summed E-state index contributed by atoms with van der Waals surface area (Å²) in [5.41, 5.74) is 4.25. The third-order valence-corrected chi connectivity index (χ3v) is 9.27. The van der Waals surface area contributed by atoms with Crippen molar-refractivity contribution >= 4 is 40.2 Å². The number of ketones is 1. The number of amides is 2. The van der Waals surface area contributed by atoms with E-state index in [1.165, 1.54) is 4.90 Å². The highest BCUT2D eigenvalue weighted by Gasteiger charge is 2.61. The molecule has 1 aliphatic heterocycles. The van der Waals surface area contributed by atoms with Gasteiger partial charge in [-0.05, 0) is 69.2 Å². The molecule has 7 heteroatoms. The molecule has 2 bridgehead atoms. The van der Waals surface area contributed by atoms with Gasteiger partial charge in [0, 0.05) is 16.5 Å². The minimum atomic E-state index is -0.972. The van der Waals surface area contributed by atoms with Gasteiger partial charge >= 0.3 is 5.97 Å². The Morgan fingerprint density at radius 3 is 2.19 bits per heavy atom. The Kier molecular flexibility index (Phi) is 6.26. The number of esters is 1. The molecule has 2 saturated carbocycles. The SMILES string of the molecule is Cc1ccc(C(=O)C(C)OC(=O)c2cc(-c3ccc(N4C(=O)C5C6CCC(C6)C5C4=O)cc3)nc3ccccc23)cc1. The van der Waals surface area contributed by atoms with Crippen LogP contribution in [0.4, 0.5) is 5.69 Å². The number of para-hydroxylation sites is 1. The number of carbonyl (C=O) groups excluding carboxylic acids is 4. The monoisotopic (exact) mass is 558 g/mol. The number of rotatable bonds is 6. The van der Waals surface area contributed by atoms with Gasteiger partial charge in [-0.2, -0.15) is 0 Å². The molecule has 2 heterocycles. The van der Waals surface area contributed by atoms with E-state index >= 15 is 0 Å². The number of hydrogen-bond donors (Lipinski definition) is 0. The first-order chi connectivity index (χ1) is 20.3. The lowest BCUT2D eigenvalue weighted by Crippen LogP contribution is -2.32. The lowest BCUT2D eigenvalue weighted by Gasteiger charge is -2.19. The zero-order chi connectivity index (χ0) is 29.1. The highest BCUT2D eigenvalue weighted by Crippen LogP contribution is 2.56. The largest absolute Gasteiger partial charge is 0.451 e. The van der Waals surface area contributed by atoms with Gasteiger partial charge in [0.15, 0.2) is 6.10 Å².